The summed E-state index contributed by atoms with van der Waals surface area (Å²) in [6.45, 7) is 1.81. The highest BCUT2D eigenvalue weighted by Gasteiger charge is 2.12. The number of amides is 1. The third-order valence-electron chi connectivity index (χ3n) is 2.73. The van der Waals surface area contributed by atoms with Crippen molar-refractivity contribution in [2.75, 3.05) is 10.6 Å². The maximum Gasteiger partial charge on any atom is 0.246 e. The van der Waals surface area contributed by atoms with Crippen LogP contribution in [0.2, 0.25) is 5.02 Å². The van der Waals surface area contributed by atoms with E-state index in [-0.39, 0.29) is 11.9 Å². The van der Waals surface area contributed by atoms with Crippen LogP contribution in [0.3, 0.4) is 0 Å². The van der Waals surface area contributed by atoms with Crippen LogP contribution in [-0.4, -0.2) is 11.9 Å². The molecule has 2 rings (SSSR count). The van der Waals surface area contributed by atoms with E-state index in [4.69, 9.17) is 11.6 Å². The van der Waals surface area contributed by atoms with E-state index in [1.807, 2.05) is 31.2 Å². The van der Waals surface area contributed by atoms with Gasteiger partial charge in [0, 0.05) is 20.9 Å². The van der Waals surface area contributed by atoms with Crippen molar-refractivity contribution < 1.29 is 4.79 Å². The highest BCUT2D eigenvalue weighted by atomic mass is 79.9. The van der Waals surface area contributed by atoms with Gasteiger partial charge in [0.15, 0.2) is 0 Å². The van der Waals surface area contributed by atoms with Gasteiger partial charge in [0.05, 0.1) is 0 Å². The minimum atomic E-state index is -0.341. The largest absolute Gasteiger partial charge is 0.374 e. The first-order chi connectivity index (χ1) is 9.54. The number of nitrogens with one attached hydrogen (secondary N) is 2. The lowest BCUT2D eigenvalue weighted by Crippen LogP contribution is -2.31. The van der Waals surface area contributed by atoms with E-state index < -0.39 is 0 Å². The summed E-state index contributed by atoms with van der Waals surface area (Å²) in [5.74, 6) is -0.102. The van der Waals surface area contributed by atoms with Crippen molar-refractivity contribution >= 4 is 44.8 Å². The summed E-state index contributed by atoms with van der Waals surface area (Å²) in [6, 6.07) is 14.4. The third-order valence-corrected chi connectivity index (χ3v) is 3.51. The van der Waals surface area contributed by atoms with Gasteiger partial charge in [0.25, 0.3) is 0 Å². The fourth-order valence-corrected chi connectivity index (χ4v) is 2.04. The number of carbonyl (C=O) groups is 1. The summed E-state index contributed by atoms with van der Waals surface area (Å²) >= 11 is 9.17. The first kappa shape index (κ1) is 14.9. The Morgan fingerprint density at radius 3 is 2.20 bits per heavy atom. The summed E-state index contributed by atoms with van der Waals surface area (Å²) in [4.78, 5) is 12.1. The second-order valence-electron chi connectivity index (χ2n) is 4.37. The van der Waals surface area contributed by atoms with Crippen LogP contribution in [0.15, 0.2) is 53.0 Å². The van der Waals surface area contributed by atoms with Gasteiger partial charge in [-0.1, -0.05) is 27.5 Å². The predicted octanol–water partition coefficient (Wildman–Crippen LogP) is 4.54. The molecule has 0 spiro atoms. The van der Waals surface area contributed by atoms with Gasteiger partial charge in [0.1, 0.15) is 6.04 Å². The minimum Gasteiger partial charge on any atom is -0.374 e. The van der Waals surface area contributed by atoms with Crippen LogP contribution in [0.25, 0.3) is 0 Å². The quantitative estimate of drug-likeness (QED) is 0.847. The molecule has 1 amide bonds. The molecular formula is C15H14BrClN2O. The average molecular weight is 354 g/mol. The average Bonchev–Trinajstić information content (AvgIpc) is 2.44. The van der Waals surface area contributed by atoms with Crippen molar-refractivity contribution in [3.8, 4) is 0 Å². The van der Waals surface area contributed by atoms with Gasteiger partial charge in [-0.2, -0.15) is 0 Å². The molecule has 1 unspecified atom stereocenters. The van der Waals surface area contributed by atoms with E-state index in [0.29, 0.717) is 5.02 Å². The minimum absolute atomic E-state index is 0.102. The van der Waals surface area contributed by atoms with Crippen LogP contribution in [0.4, 0.5) is 11.4 Å². The van der Waals surface area contributed by atoms with Crippen molar-refractivity contribution in [2.45, 2.75) is 13.0 Å². The van der Waals surface area contributed by atoms with E-state index in [0.717, 1.165) is 15.8 Å². The number of halogens is 2. The molecule has 2 aromatic rings. The lowest BCUT2D eigenvalue weighted by Gasteiger charge is -2.15. The lowest BCUT2D eigenvalue weighted by atomic mass is 10.2. The molecule has 0 radical (unpaired) electrons. The second kappa shape index (κ2) is 6.77. The van der Waals surface area contributed by atoms with Crippen LogP contribution in [0, 0.1) is 0 Å². The molecule has 3 nitrogen and oxygen atoms in total. The summed E-state index contributed by atoms with van der Waals surface area (Å²) in [7, 11) is 0. The molecular weight excluding hydrogens is 340 g/mol. The zero-order valence-corrected chi connectivity index (χ0v) is 13.2. The van der Waals surface area contributed by atoms with Crippen LogP contribution in [-0.2, 0) is 4.79 Å². The van der Waals surface area contributed by atoms with E-state index in [2.05, 4.69) is 26.6 Å². The predicted molar refractivity (Wildman–Crippen MR) is 87.3 cm³/mol. The third kappa shape index (κ3) is 4.25. The van der Waals surface area contributed by atoms with Gasteiger partial charge in [-0.05, 0) is 55.5 Å². The molecule has 104 valence electrons. The summed E-state index contributed by atoms with van der Waals surface area (Å²) in [5.41, 5.74) is 1.62. The molecule has 0 heterocycles. The Balaban J connectivity index is 1.94. The standard InChI is InChI=1S/C15H14BrClN2O/c1-10(18-13-6-2-11(16)3-7-13)15(20)19-14-8-4-12(17)5-9-14/h2-10,18H,1H3,(H,19,20). The normalized spacial score (nSPS) is 11.8. The molecule has 0 aliphatic heterocycles. The number of hydrogen-bond donors (Lipinski definition) is 2. The lowest BCUT2D eigenvalue weighted by molar-refractivity contribution is -0.116. The zero-order chi connectivity index (χ0) is 14.5. The van der Waals surface area contributed by atoms with Crippen molar-refractivity contribution in [3.63, 3.8) is 0 Å². The van der Waals surface area contributed by atoms with Gasteiger partial charge in [-0.25, -0.2) is 0 Å². The Bertz CT molecular complexity index is 584. The molecule has 0 saturated heterocycles. The van der Waals surface area contributed by atoms with Gasteiger partial charge >= 0.3 is 0 Å². The molecule has 0 aliphatic rings. The Morgan fingerprint density at radius 1 is 1.05 bits per heavy atom. The first-order valence-corrected chi connectivity index (χ1v) is 7.30. The maximum absolute atomic E-state index is 12.1. The molecule has 0 aliphatic carbocycles. The second-order valence-corrected chi connectivity index (χ2v) is 5.72. The van der Waals surface area contributed by atoms with Crippen molar-refractivity contribution in [3.05, 3.63) is 58.0 Å². The number of benzene rings is 2. The fraction of sp³-hybridized carbons (Fsp3) is 0.133. The number of carbonyl (C=O) groups excluding carboxylic acids is 1. The van der Waals surface area contributed by atoms with Gasteiger partial charge < -0.3 is 10.6 Å². The Labute approximate surface area is 131 Å². The van der Waals surface area contributed by atoms with Gasteiger partial charge in [-0.3, -0.25) is 4.79 Å². The zero-order valence-electron chi connectivity index (χ0n) is 10.9. The Kier molecular flexibility index (Phi) is 5.04. The number of anilines is 2. The summed E-state index contributed by atoms with van der Waals surface area (Å²) in [5, 5.41) is 6.62. The first-order valence-electron chi connectivity index (χ1n) is 6.13. The Morgan fingerprint density at radius 2 is 1.60 bits per heavy atom. The molecule has 0 fully saturated rings. The number of hydrogen-bond acceptors (Lipinski definition) is 2. The highest BCUT2D eigenvalue weighted by Crippen LogP contribution is 2.16. The molecule has 20 heavy (non-hydrogen) atoms. The molecule has 2 N–H and O–H groups in total. The van der Waals surface area contributed by atoms with Crippen molar-refractivity contribution in [1.29, 1.82) is 0 Å². The van der Waals surface area contributed by atoms with Crippen LogP contribution < -0.4 is 10.6 Å². The van der Waals surface area contributed by atoms with E-state index in [1.54, 1.807) is 24.3 Å². The van der Waals surface area contributed by atoms with E-state index in [1.165, 1.54) is 0 Å². The van der Waals surface area contributed by atoms with Crippen LogP contribution >= 0.6 is 27.5 Å². The highest BCUT2D eigenvalue weighted by molar-refractivity contribution is 9.10. The SMILES string of the molecule is CC(Nc1ccc(Br)cc1)C(=O)Nc1ccc(Cl)cc1. The van der Waals surface area contributed by atoms with E-state index in [9.17, 15) is 4.79 Å². The monoisotopic (exact) mass is 352 g/mol. The summed E-state index contributed by atoms with van der Waals surface area (Å²) in [6.07, 6.45) is 0. The molecule has 0 bridgehead atoms. The smallest absolute Gasteiger partial charge is 0.246 e. The molecule has 5 heteroatoms. The topological polar surface area (TPSA) is 41.1 Å². The van der Waals surface area contributed by atoms with Crippen LogP contribution in [0.1, 0.15) is 6.92 Å². The fourth-order valence-electron chi connectivity index (χ4n) is 1.65. The van der Waals surface area contributed by atoms with E-state index >= 15 is 0 Å². The van der Waals surface area contributed by atoms with Crippen LogP contribution in [0.5, 0.6) is 0 Å². The molecule has 1 atom stereocenters. The Hall–Kier alpha value is -1.52. The molecule has 0 saturated carbocycles. The molecule has 0 aromatic heterocycles. The molecule has 2 aromatic carbocycles. The maximum atomic E-state index is 12.1. The summed E-state index contributed by atoms with van der Waals surface area (Å²) < 4.78 is 1.00. The van der Waals surface area contributed by atoms with Gasteiger partial charge in [0.2, 0.25) is 5.91 Å². The van der Waals surface area contributed by atoms with Crippen molar-refractivity contribution in [1.82, 2.24) is 0 Å². The number of rotatable bonds is 4. The van der Waals surface area contributed by atoms with Crippen molar-refractivity contribution in [2.24, 2.45) is 0 Å². The van der Waals surface area contributed by atoms with Gasteiger partial charge in [-0.15, -0.1) is 0 Å².